The van der Waals surface area contributed by atoms with Crippen LogP contribution in [0.2, 0.25) is 0 Å². The zero-order chi connectivity index (χ0) is 16.4. The van der Waals surface area contributed by atoms with E-state index in [0.717, 1.165) is 41.7 Å². The van der Waals surface area contributed by atoms with E-state index in [1.54, 1.807) is 6.07 Å². The van der Waals surface area contributed by atoms with Gasteiger partial charge in [-0.1, -0.05) is 6.07 Å². The molecule has 0 aliphatic heterocycles. The van der Waals surface area contributed by atoms with Gasteiger partial charge in [-0.15, -0.1) is 0 Å². The van der Waals surface area contributed by atoms with Crippen LogP contribution in [0, 0.1) is 12.7 Å². The third kappa shape index (κ3) is 3.08. The molecule has 1 aliphatic rings. The Hall–Kier alpha value is -2.69. The van der Waals surface area contributed by atoms with Gasteiger partial charge >= 0.3 is 0 Å². The van der Waals surface area contributed by atoms with Gasteiger partial charge in [0, 0.05) is 11.1 Å². The number of aromatic hydroxyl groups is 1. The largest absolute Gasteiger partial charge is 0.508 e. The van der Waals surface area contributed by atoms with Gasteiger partial charge in [0.15, 0.2) is 0 Å². The number of halogens is 1. The summed E-state index contributed by atoms with van der Waals surface area (Å²) < 4.78 is 13.2. The van der Waals surface area contributed by atoms with E-state index in [9.17, 15) is 14.3 Å². The molecule has 1 amide bonds. The number of hydrazone groups is 1. The van der Waals surface area contributed by atoms with E-state index in [0.29, 0.717) is 0 Å². The van der Waals surface area contributed by atoms with Crippen LogP contribution in [0.5, 0.6) is 5.75 Å². The number of rotatable bonds is 2. The number of carbonyl (C=O) groups is 1. The van der Waals surface area contributed by atoms with E-state index in [4.69, 9.17) is 0 Å². The van der Waals surface area contributed by atoms with Crippen molar-refractivity contribution >= 4 is 11.6 Å². The number of phenols is 1. The summed E-state index contributed by atoms with van der Waals surface area (Å²) in [6.07, 6.45) is 2.54. The fourth-order valence-corrected chi connectivity index (χ4v) is 2.83. The second-order valence-electron chi connectivity index (χ2n) is 5.60. The number of phenolic OH excluding ortho intramolecular Hbond substituents is 1. The molecule has 2 aromatic rings. The minimum atomic E-state index is -0.459. The first-order valence-electron chi connectivity index (χ1n) is 7.50. The van der Waals surface area contributed by atoms with E-state index < -0.39 is 11.7 Å². The summed E-state index contributed by atoms with van der Waals surface area (Å²) in [4.78, 5) is 12.0. The van der Waals surface area contributed by atoms with Gasteiger partial charge in [0.25, 0.3) is 5.91 Å². The second kappa shape index (κ2) is 6.20. The minimum absolute atomic E-state index is 0.229. The molecule has 0 bridgehead atoms. The first kappa shape index (κ1) is 15.2. The SMILES string of the molecule is Cc1c(O)ccc2c1CCC/C2=N/NC(=O)c1cccc(F)c1. The number of benzene rings is 2. The van der Waals surface area contributed by atoms with Crippen molar-refractivity contribution in [2.45, 2.75) is 26.2 Å². The molecule has 0 spiro atoms. The monoisotopic (exact) mass is 312 g/mol. The van der Waals surface area contributed by atoms with E-state index >= 15 is 0 Å². The summed E-state index contributed by atoms with van der Waals surface area (Å²) >= 11 is 0. The molecule has 118 valence electrons. The molecule has 0 saturated carbocycles. The number of amides is 1. The molecule has 0 aromatic heterocycles. The molecule has 2 aromatic carbocycles. The van der Waals surface area contributed by atoms with Crippen molar-refractivity contribution in [3.05, 3.63) is 64.5 Å². The van der Waals surface area contributed by atoms with Gasteiger partial charge in [0.05, 0.1) is 5.71 Å². The van der Waals surface area contributed by atoms with Crippen molar-refractivity contribution in [3.63, 3.8) is 0 Å². The van der Waals surface area contributed by atoms with Gasteiger partial charge in [-0.05, 0) is 67.6 Å². The highest BCUT2D eigenvalue weighted by atomic mass is 19.1. The summed E-state index contributed by atoms with van der Waals surface area (Å²) in [5.41, 5.74) is 6.36. The number of fused-ring (bicyclic) bond motifs is 1. The molecular formula is C18H17FN2O2. The summed E-state index contributed by atoms with van der Waals surface area (Å²) in [6.45, 7) is 1.88. The van der Waals surface area contributed by atoms with Crippen LogP contribution in [0.25, 0.3) is 0 Å². The van der Waals surface area contributed by atoms with Crippen molar-refractivity contribution in [3.8, 4) is 5.75 Å². The van der Waals surface area contributed by atoms with Crippen LogP contribution in [0.3, 0.4) is 0 Å². The zero-order valence-corrected chi connectivity index (χ0v) is 12.8. The van der Waals surface area contributed by atoms with Crippen LogP contribution in [-0.2, 0) is 6.42 Å². The normalized spacial score (nSPS) is 15.3. The molecule has 0 fully saturated rings. The fraction of sp³-hybridized carbons (Fsp3) is 0.222. The van der Waals surface area contributed by atoms with Crippen LogP contribution < -0.4 is 5.43 Å². The molecule has 3 rings (SSSR count). The molecule has 0 atom stereocenters. The highest BCUT2D eigenvalue weighted by Gasteiger charge is 2.19. The van der Waals surface area contributed by atoms with Gasteiger partial charge in [-0.2, -0.15) is 5.10 Å². The Balaban J connectivity index is 1.85. The summed E-state index contributed by atoms with van der Waals surface area (Å²) in [5, 5.41) is 14.0. The lowest BCUT2D eigenvalue weighted by atomic mass is 9.87. The van der Waals surface area contributed by atoms with Gasteiger partial charge < -0.3 is 5.11 Å². The number of carbonyl (C=O) groups excluding carboxylic acids is 1. The standard InChI is InChI=1S/C18H17FN2O2/c1-11-14-6-3-7-16(15(14)8-9-17(11)22)20-21-18(23)12-4-2-5-13(19)10-12/h2,4-5,8-10,22H,3,6-7H2,1H3,(H,21,23)/b20-16-. The van der Waals surface area contributed by atoms with Crippen LogP contribution in [0.4, 0.5) is 4.39 Å². The third-order valence-corrected chi connectivity index (χ3v) is 4.10. The molecule has 1 aliphatic carbocycles. The number of hydrogen-bond acceptors (Lipinski definition) is 3. The Morgan fingerprint density at radius 1 is 1.26 bits per heavy atom. The number of nitrogens with one attached hydrogen (secondary N) is 1. The Kier molecular flexibility index (Phi) is 4.10. The average molecular weight is 312 g/mol. The lowest BCUT2D eigenvalue weighted by Crippen LogP contribution is -2.22. The first-order valence-corrected chi connectivity index (χ1v) is 7.50. The molecule has 5 heteroatoms. The van der Waals surface area contributed by atoms with Gasteiger partial charge in [0.1, 0.15) is 11.6 Å². The summed E-state index contributed by atoms with van der Waals surface area (Å²) in [7, 11) is 0. The van der Waals surface area contributed by atoms with E-state index in [-0.39, 0.29) is 11.3 Å². The van der Waals surface area contributed by atoms with Crippen LogP contribution >= 0.6 is 0 Å². The predicted molar refractivity (Wildman–Crippen MR) is 86.2 cm³/mol. The van der Waals surface area contributed by atoms with Gasteiger partial charge in [-0.3, -0.25) is 4.79 Å². The van der Waals surface area contributed by atoms with Crippen molar-refractivity contribution < 1.29 is 14.3 Å². The molecule has 0 unspecified atom stereocenters. The lowest BCUT2D eigenvalue weighted by Gasteiger charge is -2.20. The molecule has 4 nitrogen and oxygen atoms in total. The highest BCUT2D eigenvalue weighted by molar-refractivity contribution is 6.04. The van der Waals surface area contributed by atoms with Crippen molar-refractivity contribution in [1.82, 2.24) is 5.43 Å². The van der Waals surface area contributed by atoms with E-state index in [2.05, 4.69) is 10.5 Å². The van der Waals surface area contributed by atoms with Crippen LogP contribution in [-0.4, -0.2) is 16.7 Å². The van der Waals surface area contributed by atoms with Crippen molar-refractivity contribution in [2.24, 2.45) is 5.10 Å². The Bertz CT molecular complexity index is 800. The van der Waals surface area contributed by atoms with Crippen LogP contribution in [0.1, 0.15) is 39.9 Å². The van der Waals surface area contributed by atoms with Gasteiger partial charge in [-0.25, -0.2) is 9.82 Å². The number of nitrogens with zero attached hydrogens (tertiary/aromatic N) is 1. The molecule has 0 radical (unpaired) electrons. The Morgan fingerprint density at radius 2 is 2.09 bits per heavy atom. The zero-order valence-electron chi connectivity index (χ0n) is 12.8. The number of hydrogen-bond donors (Lipinski definition) is 2. The van der Waals surface area contributed by atoms with Crippen molar-refractivity contribution in [1.29, 1.82) is 0 Å². The minimum Gasteiger partial charge on any atom is -0.508 e. The Labute approximate surface area is 133 Å². The maximum absolute atomic E-state index is 13.2. The Morgan fingerprint density at radius 3 is 2.87 bits per heavy atom. The molecule has 0 saturated heterocycles. The quantitative estimate of drug-likeness (QED) is 0.836. The van der Waals surface area contributed by atoms with Crippen molar-refractivity contribution in [2.75, 3.05) is 0 Å². The summed E-state index contributed by atoms with van der Waals surface area (Å²) in [6, 6.07) is 8.95. The first-order chi connectivity index (χ1) is 11.1. The second-order valence-corrected chi connectivity index (χ2v) is 5.60. The lowest BCUT2D eigenvalue weighted by molar-refractivity contribution is 0.0954. The maximum atomic E-state index is 13.2. The average Bonchev–Trinajstić information content (AvgIpc) is 2.56. The third-order valence-electron chi connectivity index (χ3n) is 4.10. The molecule has 23 heavy (non-hydrogen) atoms. The molecule has 2 N–H and O–H groups in total. The molecular weight excluding hydrogens is 295 g/mol. The molecule has 0 heterocycles. The van der Waals surface area contributed by atoms with E-state index in [1.807, 2.05) is 13.0 Å². The predicted octanol–water partition coefficient (Wildman–Crippen LogP) is 3.31. The highest BCUT2D eigenvalue weighted by Crippen LogP contribution is 2.29. The maximum Gasteiger partial charge on any atom is 0.271 e. The topological polar surface area (TPSA) is 61.7 Å². The van der Waals surface area contributed by atoms with Crippen LogP contribution in [0.15, 0.2) is 41.5 Å². The fourth-order valence-electron chi connectivity index (χ4n) is 2.83. The smallest absolute Gasteiger partial charge is 0.271 e. The van der Waals surface area contributed by atoms with E-state index in [1.165, 1.54) is 24.3 Å². The van der Waals surface area contributed by atoms with Gasteiger partial charge in [0.2, 0.25) is 0 Å². The summed E-state index contributed by atoms with van der Waals surface area (Å²) in [5.74, 6) is -0.632.